The molecule has 1 aliphatic heterocycles. The van der Waals surface area contributed by atoms with Crippen molar-refractivity contribution in [2.75, 3.05) is 17.2 Å². The molecular weight excluding hydrogens is 614 g/mol. The van der Waals surface area contributed by atoms with Crippen molar-refractivity contribution >= 4 is 29.4 Å². The molecule has 250 valence electrons. The lowest BCUT2D eigenvalue weighted by atomic mass is 9.91. The number of aryl methyl sites for hydroxylation is 1. The average Bonchev–Trinajstić information content (AvgIpc) is 3.85. The van der Waals surface area contributed by atoms with Crippen LogP contribution in [0.15, 0.2) is 71.4 Å². The molecule has 0 spiro atoms. The van der Waals surface area contributed by atoms with E-state index in [1.54, 1.807) is 10.9 Å². The second-order valence-corrected chi connectivity index (χ2v) is 12.3. The van der Waals surface area contributed by atoms with Crippen LogP contribution in [0.4, 0.5) is 11.8 Å². The highest BCUT2D eigenvalue weighted by Gasteiger charge is 2.50. The average molecular weight is 654 g/mol. The van der Waals surface area contributed by atoms with Gasteiger partial charge in [-0.2, -0.15) is 9.97 Å². The summed E-state index contributed by atoms with van der Waals surface area (Å²) in [6, 6.07) is 20.9. The minimum Gasteiger partial charge on any atom is -0.457 e. The standard InChI is InChI=1S/C34H39N9O5/c1-2-25-41-42-32(47-25)28-27(45)29(46-19-44)33(48-28)43-18-37-26-30(39-34(40-31(26)43)38-23-15-13-22(35)14-16-23)36-17-24(20-9-5-3-6-10-20)21-11-7-4-8-12-21/h3-12,18-19,22-24,27-29,33,45H,2,13-17,35H2,1H3,(H2,36,38,39,40)/t22?,23?,27-,28+,29-,33-/m1/s1. The maximum Gasteiger partial charge on any atom is 0.293 e. The van der Waals surface area contributed by atoms with Crippen LogP contribution in [0.25, 0.3) is 11.2 Å². The van der Waals surface area contributed by atoms with Crippen LogP contribution in [0, 0.1) is 0 Å². The van der Waals surface area contributed by atoms with Crippen molar-refractivity contribution in [1.29, 1.82) is 0 Å². The first-order chi connectivity index (χ1) is 23.5. The van der Waals surface area contributed by atoms with Gasteiger partial charge in [0.15, 0.2) is 35.4 Å². The van der Waals surface area contributed by atoms with E-state index >= 15 is 0 Å². The number of aliphatic hydroxyl groups excluding tert-OH is 1. The van der Waals surface area contributed by atoms with E-state index in [9.17, 15) is 9.90 Å². The maximum absolute atomic E-state index is 11.6. The number of fused-ring (bicyclic) bond motifs is 1. The van der Waals surface area contributed by atoms with E-state index in [-0.39, 0.29) is 30.4 Å². The highest BCUT2D eigenvalue weighted by atomic mass is 16.6. The third-order valence-electron chi connectivity index (χ3n) is 9.13. The molecule has 48 heavy (non-hydrogen) atoms. The van der Waals surface area contributed by atoms with E-state index in [0.717, 1.165) is 36.8 Å². The molecule has 14 nitrogen and oxygen atoms in total. The topological polar surface area (TPSA) is 188 Å². The number of ether oxygens (including phenoxy) is 2. The molecule has 1 aliphatic carbocycles. The Morgan fingerprint density at radius 2 is 1.75 bits per heavy atom. The van der Waals surface area contributed by atoms with Gasteiger partial charge >= 0.3 is 0 Å². The molecule has 4 heterocycles. The van der Waals surface area contributed by atoms with Crippen LogP contribution in [0.3, 0.4) is 0 Å². The number of aliphatic hydroxyl groups is 1. The third-order valence-corrected chi connectivity index (χ3v) is 9.13. The normalized spacial score (nSPS) is 24.2. The Balaban J connectivity index is 1.25. The van der Waals surface area contributed by atoms with Gasteiger partial charge in [0.2, 0.25) is 17.7 Å². The van der Waals surface area contributed by atoms with Crippen LogP contribution in [-0.4, -0.2) is 72.1 Å². The van der Waals surface area contributed by atoms with Crippen LogP contribution >= 0.6 is 0 Å². The van der Waals surface area contributed by atoms with Crippen LogP contribution in [0.2, 0.25) is 0 Å². The number of hydrogen-bond acceptors (Lipinski definition) is 13. The van der Waals surface area contributed by atoms with E-state index in [2.05, 4.69) is 45.1 Å². The molecule has 7 rings (SSSR count). The zero-order chi connectivity index (χ0) is 33.0. The van der Waals surface area contributed by atoms with E-state index in [1.165, 1.54) is 0 Å². The summed E-state index contributed by atoms with van der Waals surface area (Å²) in [5.74, 6) is 1.46. The van der Waals surface area contributed by atoms with Crippen molar-refractivity contribution in [2.24, 2.45) is 5.73 Å². The Hall–Kier alpha value is -4.92. The number of aromatic nitrogens is 6. The number of carbonyl (C=O) groups excluding carboxylic acids is 1. The second-order valence-electron chi connectivity index (χ2n) is 12.3. The fraction of sp³-hybridized carbons (Fsp3) is 0.412. The summed E-state index contributed by atoms with van der Waals surface area (Å²) in [6.07, 6.45) is 1.25. The molecule has 5 N–H and O–H groups in total. The number of carbonyl (C=O) groups is 1. The van der Waals surface area contributed by atoms with E-state index < -0.39 is 24.5 Å². The molecule has 3 aromatic heterocycles. The second kappa shape index (κ2) is 14.1. The van der Waals surface area contributed by atoms with E-state index in [1.807, 2.05) is 43.3 Å². The summed E-state index contributed by atoms with van der Waals surface area (Å²) in [4.78, 5) is 26.1. The van der Waals surface area contributed by atoms with Crippen LogP contribution in [-0.2, 0) is 20.7 Å². The van der Waals surface area contributed by atoms with Gasteiger partial charge in [0, 0.05) is 31.0 Å². The van der Waals surface area contributed by atoms with Crippen molar-refractivity contribution in [3.05, 3.63) is 89.9 Å². The molecule has 5 aromatic rings. The predicted molar refractivity (Wildman–Crippen MR) is 176 cm³/mol. The lowest BCUT2D eigenvalue weighted by molar-refractivity contribution is -0.142. The van der Waals surface area contributed by atoms with Gasteiger partial charge in [0.1, 0.15) is 6.10 Å². The molecular formula is C34H39N9O5. The number of nitrogens with two attached hydrogens (primary N) is 1. The van der Waals surface area contributed by atoms with Gasteiger partial charge in [-0.15, -0.1) is 10.2 Å². The summed E-state index contributed by atoms with van der Waals surface area (Å²) in [5.41, 5.74) is 9.40. The van der Waals surface area contributed by atoms with E-state index in [4.69, 9.17) is 34.6 Å². The Morgan fingerprint density at radius 1 is 1.04 bits per heavy atom. The number of anilines is 2. The molecule has 1 saturated heterocycles. The SMILES string of the molecule is CCc1nnc([C@H]2O[C@@H](n3cnc4c(NCC(c5ccccc5)c5ccccc5)nc(NC5CCC(N)CC5)nc43)[C@H](OC=O)[C@@H]2O)o1. The summed E-state index contributed by atoms with van der Waals surface area (Å²) in [5, 5.41) is 26.4. The first kappa shape index (κ1) is 31.7. The first-order valence-electron chi connectivity index (χ1n) is 16.4. The Bertz CT molecular complexity index is 1770. The van der Waals surface area contributed by atoms with Gasteiger partial charge in [-0.1, -0.05) is 67.6 Å². The first-order valence-corrected chi connectivity index (χ1v) is 16.4. The number of benzene rings is 2. The summed E-state index contributed by atoms with van der Waals surface area (Å²) >= 11 is 0. The van der Waals surface area contributed by atoms with Gasteiger partial charge in [-0.05, 0) is 36.8 Å². The largest absolute Gasteiger partial charge is 0.457 e. The minimum absolute atomic E-state index is 0.0256. The lowest BCUT2D eigenvalue weighted by Gasteiger charge is -2.27. The summed E-state index contributed by atoms with van der Waals surface area (Å²) in [7, 11) is 0. The van der Waals surface area contributed by atoms with Crippen molar-refractivity contribution in [1.82, 2.24) is 29.7 Å². The highest BCUT2D eigenvalue weighted by molar-refractivity contribution is 5.84. The molecule has 0 unspecified atom stereocenters. The number of rotatable bonds is 12. The maximum atomic E-state index is 11.6. The number of nitrogens with one attached hydrogen (secondary N) is 2. The molecule has 4 atom stereocenters. The Kier molecular flexibility index (Phi) is 9.27. The van der Waals surface area contributed by atoms with Gasteiger partial charge in [-0.3, -0.25) is 9.36 Å². The van der Waals surface area contributed by atoms with Crippen LogP contribution in [0.5, 0.6) is 0 Å². The smallest absolute Gasteiger partial charge is 0.293 e. The molecule has 0 bridgehead atoms. The van der Waals surface area contributed by atoms with Gasteiger partial charge in [-0.25, -0.2) is 4.98 Å². The number of nitrogens with zero attached hydrogens (tertiary/aromatic N) is 6. The monoisotopic (exact) mass is 653 g/mol. The van der Waals surface area contributed by atoms with Crippen molar-refractivity contribution in [2.45, 2.75) is 81.6 Å². The quantitative estimate of drug-likeness (QED) is 0.142. The molecule has 0 amide bonds. The van der Waals surface area contributed by atoms with Crippen molar-refractivity contribution < 1.29 is 23.8 Å². The molecule has 14 heteroatoms. The third kappa shape index (κ3) is 6.46. The zero-order valence-corrected chi connectivity index (χ0v) is 26.6. The fourth-order valence-corrected chi connectivity index (χ4v) is 6.55. The van der Waals surface area contributed by atoms with Crippen LogP contribution < -0.4 is 16.4 Å². The molecule has 1 saturated carbocycles. The zero-order valence-electron chi connectivity index (χ0n) is 26.6. The number of hydrogen-bond donors (Lipinski definition) is 4. The Labute approximate surface area is 277 Å². The van der Waals surface area contributed by atoms with Gasteiger partial charge < -0.3 is 35.4 Å². The Morgan fingerprint density at radius 3 is 2.40 bits per heavy atom. The van der Waals surface area contributed by atoms with Gasteiger partial charge in [0.25, 0.3) is 6.47 Å². The molecule has 2 fully saturated rings. The minimum atomic E-state index is -1.29. The molecule has 0 radical (unpaired) electrons. The lowest BCUT2D eigenvalue weighted by Crippen LogP contribution is -2.33. The highest BCUT2D eigenvalue weighted by Crippen LogP contribution is 2.41. The van der Waals surface area contributed by atoms with Crippen molar-refractivity contribution in [3.63, 3.8) is 0 Å². The van der Waals surface area contributed by atoms with E-state index in [0.29, 0.717) is 41.8 Å². The number of imidazole rings is 1. The fourth-order valence-electron chi connectivity index (χ4n) is 6.55. The summed E-state index contributed by atoms with van der Waals surface area (Å²) in [6.45, 7) is 2.69. The molecule has 2 aliphatic rings. The van der Waals surface area contributed by atoms with Crippen LogP contribution in [0.1, 0.15) is 73.8 Å². The predicted octanol–water partition coefficient (Wildman–Crippen LogP) is 3.87. The van der Waals surface area contributed by atoms with Crippen molar-refractivity contribution in [3.8, 4) is 0 Å². The summed E-state index contributed by atoms with van der Waals surface area (Å²) < 4.78 is 19.0. The molecule has 2 aromatic carbocycles. The van der Waals surface area contributed by atoms with Gasteiger partial charge in [0.05, 0.1) is 6.33 Å².